The summed E-state index contributed by atoms with van der Waals surface area (Å²) >= 11 is 0. The molecule has 24 heavy (non-hydrogen) atoms. The average molecular weight is 325 g/mol. The molecule has 0 fully saturated rings. The van der Waals surface area contributed by atoms with E-state index in [2.05, 4.69) is 25.8 Å². The highest BCUT2D eigenvalue weighted by Crippen LogP contribution is 2.17. The topological polar surface area (TPSA) is 82.7 Å². The first-order valence-corrected chi connectivity index (χ1v) is 7.46. The van der Waals surface area contributed by atoms with Gasteiger partial charge >= 0.3 is 0 Å². The maximum absolute atomic E-state index is 12.9. The molecule has 7 heteroatoms. The molecule has 0 radical (unpaired) electrons. The third kappa shape index (κ3) is 3.95. The number of halogens is 1. The van der Waals surface area contributed by atoms with Crippen LogP contribution >= 0.6 is 0 Å². The fraction of sp³-hybridized carbons (Fsp3) is 0.118. The van der Waals surface area contributed by atoms with Crippen LogP contribution in [0.5, 0.6) is 0 Å². The zero-order valence-corrected chi connectivity index (χ0v) is 12.8. The van der Waals surface area contributed by atoms with E-state index in [4.69, 9.17) is 0 Å². The second-order valence-corrected chi connectivity index (χ2v) is 5.10. The van der Waals surface area contributed by atoms with E-state index in [1.54, 1.807) is 30.6 Å². The van der Waals surface area contributed by atoms with E-state index in [1.165, 1.54) is 12.1 Å². The molecule has 0 spiro atoms. The van der Waals surface area contributed by atoms with Gasteiger partial charge in [0.05, 0.1) is 11.4 Å². The van der Waals surface area contributed by atoms with Crippen LogP contribution < -0.4 is 10.6 Å². The smallest absolute Gasteiger partial charge is 0.269 e. The van der Waals surface area contributed by atoms with Crippen molar-refractivity contribution in [3.63, 3.8) is 0 Å². The van der Waals surface area contributed by atoms with Gasteiger partial charge < -0.3 is 10.6 Å². The molecule has 0 aliphatic rings. The Bertz CT molecular complexity index is 801. The maximum Gasteiger partial charge on any atom is 0.269 e. The normalized spacial score (nSPS) is 10.4. The Hall–Kier alpha value is -3.22. The fourth-order valence-corrected chi connectivity index (χ4v) is 2.15. The van der Waals surface area contributed by atoms with Gasteiger partial charge in [-0.1, -0.05) is 0 Å². The number of rotatable bonds is 6. The van der Waals surface area contributed by atoms with E-state index in [-0.39, 0.29) is 11.7 Å². The molecule has 2 heterocycles. The first-order valence-electron chi connectivity index (χ1n) is 7.46. The number of pyridine rings is 1. The molecule has 0 saturated carbocycles. The molecule has 0 saturated heterocycles. The minimum Gasteiger partial charge on any atom is -0.382 e. The number of nitrogens with one attached hydrogen (secondary N) is 3. The molecule has 3 rings (SSSR count). The number of H-pyrrole nitrogens is 1. The summed E-state index contributed by atoms with van der Waals surface area (Å²) in [6.45, 7) is 1.04. The van der Waals surface area contributed by atoms with E-state index in [1.807, 2.05) is 12.1 Å². The van der Waals surface area contributed by atoms with Crippen molar-refractivity contribution >= 4 is 11.6 Å². The van der Waals surface area contributed by atoms with E-state index in [9.17, 15) is 9.18 Å². The summed E-state index contributed by atoms with van der Waals surface area (Å²) in [6.07, 6.45) is 3.41. The molecule has 2 aromatic heterocycles. The van der Waals surface area contributed by atoms with Crippen LogP contribution in [0.1, 0.15) is 10.5 Å². The summed E-state index contributed by atoms with van der Waals surface area (Å²) in [5.74, 6) is -0.558. The van der Waals surface area contributed by atoms with Gasteiger partial charge in [-0.05, 0) is 42.5 Å². The molecule has 0 bridgehead atoms. The molecule has 1 amide bonds. The van der Waals surface area contributed by atoms with Gasteiger partial charge in [-0.2, -0.15) is 5.10 Å². The van der Waals surface area contributed by atoms with Crippen molar-refractivity contribution in [2.45, 2.75) is 0 Å². The predicted octanol–water partition coefficient (Wildman–Crippen LogP) is 2.45. The van der Waals surface area contributed by atoms with Crippen LogP contribution in [0.3, 0.4) is 0 Å². The lowest BCUT2D eigenvalue weighted by Crippen LogP contribution is -2.29. The summed E-state index contributed by atoms with van der Waals surface area (Å²) in [5, 5.41) is 12.7. The Kier molecular flexibility index (Phi) is 4.81. The van der Waals surface area contributed by atoms with Crippen molar-refractivity contribution in [3.05, 3.63) is 66.4 Å². The van der Waals surface area contributed by atoms with Gasteiger partial charge in [0.15, 0.2) is 0 Å². The second kappa shape index (κ2) is 7.36. The van der Waals surface area contributed by atoms with Gasteiger partial charge in [0.1, 0.15) is 11.5 Å². The molecule has 0 atom stereocenters. The summed E-state index contributed by atoms with van der Waals surface area (Å²) in [6, 6.07) is 11.3. The van der Waals surface area contributed by atoms with E-state index in [0.29, 0.717) is 24.5 Å². The van der Waals surface area contributed by atoms with Crippen LogP contribution in [0.25, 0.3) is 11.3 Å². The van der Waals surface area contributed by atoms with Gasteiger partial charge in [0.2, 0.25) is 0 Å². The lowest BCUT2D eigenvalue weighted by Gasteiger charge is -2.06. The van der Waals surface area contributed by atoms with Crippen molar-refractivity contribution in [1.82, 2.24) is 20.5 Å². The molecule has 122 valence electrons. The summed E-state index contributed by atoms with van der Waals surface area (Å²) in [4.78, 5) is 16.1. The van der Waals surface area contributed by atoms with Crippen LogP contribution in [-0.4, -0.2) is 34.2 Å². The Morgan fingerprint density at radius 1 is 1.17 bits per heavy atom. The first kappa shape index (κ1) is 15.7. The number of nitrogens with zero attached hydrogens (tertiary/aromatic N) is 2. The van der Waals surface area contributed by atoms with Gasteiger partial charge in [0.25, 0.3) is 5.91 Å². The molecule has 3 aromatic rings. The zero-order valence-electron chi connectivity index (χ0n) is 12.8. The highest BCUT2D eigenvalue weighted by Gasteiger charge is 2.10. The Labute approximate surface area is 138 Å². The van der Waals surface area contributed by atoms with Crippen molar-refractivity contribution < 1.29 is 9.18 Å². The van der Waals surface area contributed by atoms with Gasteiger partial charge in [0, 0.05) is 31.0 Å². The van der Waals surface area contributed by atoms with E-state index >= 15 is 0 Å². The first-order chi connectivity index (χ1) is 11.7. The summed E-state index contributed by atoms with van der Waals surface area (Å²) in [5.41, 5.74) is 2.58. The SMILES string of the molecule is O=C(NCCNc1cccnc1)c1cc(-c2ccc(F)cc2)n[nH]1. The number of hydrogen-bond donors (Lipinski definition) is 3. The highest BCUT2D eigenvalue weighted by molar-refractivity contribution is 5.93. The molecule has 1 aromatic carbocycles. The minimum atomic E-state index is -0.312. The largest absolute Gasteiger partial charge is 0.382 e. The average Bonchev–Trinajstić information content (AvgIpc) is 3.10. The van der Waals surface area contributed by atoms with Crippen molar-refractivity contribution in [3.8, 4) is 11.3 Å². The molecule has 0 unspecified atom stereocenters. The Balaban J connectivity index is 1.51. The number of benzene rings is 1. The maximum atomic E-state index is 12.9. The lowest BCUT2D eigenvalue weighted by molar-refractivity contribution is 0.0950. The van der Waals surface area contributed by atoms with Gasteiger partial charge in [-0.25, -0.2) is 4.39 Å². The quantitative estimate of drug-likeness (QED) is 0.608. The van der Waals surface area contributed by atoms with E-state index in [0.717, 1.165) is 11.3 Å². The molecular formula is C17H16FN5O. The second-order valence-electron chi connectivity index (χ2n) is 5.10. The Morgan fingerprint density at radius 3 is 2.75 bits per heavy atom. The third-order valence-corrected chi connectivity index (χ3v) is 3.36. The third-order valence-electron chi connectivity index (χ3n) is 3.36. The van der Waals surface area contributed by atoms with Gasteiger partial charge in [-0.15, -0.1) is 0 Å². The van der Waals surface area contributed by atoms with Crippen molar-refractivity contribution in [2.75, 3.05) is 18.4 Å². The van der Waals surface area contributed by atoms with Crippen LogP contribution in [0.15, 0.2) is 54.9 Å². The number of carbonyl (C=O) groups is 1. The number of carbonyl (C=O) groups excluding carboxylic acids is 1. The summed E-state index contributed by atoms with van der Waals surface area (Å²) < 4.78 is 12.9. The van der Waals surface area contributed by atoms with E-state index < -0.39 is 0 Å². The highest BCUT2D eigenvalue weighted by atomic mass is 19.1. The number of hydrogen-bond acceptors (Lipinski definition) is 4. The number of aromatic nitrogens is 3. The van der Waals surface area contributed by atoms with Crippen LogP contribution in [0.2, 0.25) is 0 Å². The molecule has 0 aliphatic heterocycles. The lowest BCUT2D eigenvalue weighted by atomic mass is 10.1. The van der Waals surface area contributed by atoms with Crippen LogP contribution in [-0.2, 0) is 0 Å². The molecule has 6 nitrogen and oxygen atoms in total. The van der Waals surface area contributed by atoms with Crippen molar-refractivity contribution in [1.29, 1.82) is 0 Å². The predicted molar refractivity (Wildman–Crippen MR) is 89.0 cm³/mol. The molecule has 0 aliphatic carbocycles. The zero-order chi connectivity index (χ0) is 16.8. The number of anilines is 1. The Morgan fingerprint density at radius 2 is 2.00 bits per heavy atom. The van der Waals surface area contributed by atoms with Crippen LogP contribution in [0, 0.1) is 5.82 Å². The fourth-order valence-electron chi connectivity index (χ4n) is 2.15. The molecule has 3 N–H and O–H groups in total. The van der Waals surface area contributed by atoms with Crippen LogP contribution in [0.4, 0.5) is 10.1 Å². The monoisotopic (exact) mass is 325 g/mol. The number of aromatic amines is 1. The van der Waals surface area contributed by atoms with Crippen molar-refractivity contribution in [2.24, 2.45) is 0 Å². The van der Waals surface area contributed by atoms with Gasteiger partial charge in [-0.3, -0.25) is 14.9 Å². The summed E-state index contributed by atoms with van der Waals surface area (Å²) in [7, 11) is 0. The number of amides is 1. The minimum absolute atomic E-state index is 0.246. The standard InChI is InChI=1S/C17H16FN5O/c18-13-5-3-12(4-6-13)15-10-16(23-22-15)17(24)21-9-8-20-14-2-1-7-19-11-14/h1-7,10-11,20H,8-9H2,(H,21,24)(H,22,23). The molecular weight excluding hydrogens is 309 g/mol.